The van der Waals surface area contributed by atoms with Crippen LogP contribution in [0.25, 0.3) is 0 Å². The zero-order valence-corrected chi connectivity index (χ0v) is 15.4. The highest BCUT2D eigenvalue weighted by Gasteiger charge is 2.19. The zero-order valence-electron chi connectivity index (χ0n) is 14.7. The van der Waals surface area contributed by atoms with Crippen molar-refractivity contribution in [2.75, 3.05) is 20.8 Å². The fourth-order valence-electron chi connectivity index (χ4n) is 2.28. The van der Waals surface area contributed by atoms with Crippen molar-refractivity contribution in [2.45, 2.75) is 6.54 Å². The van der Waals surface area contributed by atoms with Crippen molar-refractivity contribution in [3.63, 3.8) is 0 Å². The van der Waals surface area contributed by atoms with Crippen LogP contribution < -0.4 is 4.74 Å². The first-order valence-electron chi connectivity index (χ1n) is 7.80. The number of halogens is 1. The van der Waals surface area contributed by atoms with E-state index in [1.165, 1.54) is 18.1 Å². The molecule has 0 atom stereocenters. The number of benzene rings is 2. The Hall–Kier alpha value is -3.13. The Bertz CT molecular complexity index is 871. The third-order valence-corrected chi connectivity index (χ3v) is 4.05. The SMILES string of the molecule is COc1ccccc1CN(C)C(=O)COC(=O)c1ccc([N+](=O)[O-])cc1Cl. The van der Waals surface area contributed by atoms with Crippen molar-refractivity contribution >= 4 is 29.2 Å². The number of carbonyl (C=O) groups excluding carboxylic acids is 2. The molecule has 0 heterocycles. The van der Waals surface area contributed by atoms with Gasteiger partial charge in [-0.2, -0.15) is 0 Å². The smallest absolute Gasteiger partial charge is 0.340 e. The van der Waals surface area contributed by atoms with Crippen LogP contribution in [0.1, 0.15) is 15.9 Å². The van der Waals surface area contributed by atoms with Gasteiger partial charge in [0.05, 0.1) is 22.6 Å². The number of para-hydroxylation sites is 1. The molecule has 2 aromatic rings. The van der Waals surface area contributed by atoms with Gasteiger partial charge < -0.3 is 14.4 Å². The third kappa shape index (κ3) is 5.18. The second-order valence-corrected chi connectivity index (χ2v) is 5.97. The summed E-state index contributed by atoms with van der Waals surface area (Å²) in [6.07, 6.45) is 0. The van der Waals surface area contributed by atoms with Crippen molar-refractivity contribution < 1.29 is 24.0 Å². The normalized spacial score (nSPS) is 10.2. The van der Waals surface area contributed by atoms with Gasteiger partial charge >= 0.3 is 5.97 Å². The topological polar surface area (TPSA) is 99.0 Å². The Morgan fingerprint density at radius 3 is 2.56 bits per heavy atom. The van der Waals surface area contributed by atoms with Crippen LogP contribution in [0.3, 0.4) is 0 Å². The second kappa shape index (κ2) is 9.00. The molecule has 0 spiro atoms. The summed E-state index contributed by atoms with van der Waals surface area (Å²) >= 11 is 5.87. The van der Waals surface area contributed by atoms with Crippen molar-refractivity contribution in [2.24, 2.45) is 0 Å². The molecule has 0 saturated heterocycles. The number of non-ortho nitro benzene ring substituents is 1. The lowest BCUT2D eigenvalue weighted by molar-refractivity contribution is -0.384. The van der Waals surface area contributed by atoms with E-state index in [0.717, 1.165) is 17.7 Å². The number of hydrogen-bond acceptors (Lipinski definition) is 6. The summed E-state index contributed by atoms with van der Waals surface area (Å²) in [7, 11) is 3.11. The number of likely N-dealkylation sites (N-methyl/N-ethyl adjacent to an activating group) is 1. The molecule has 0 aliphatic carbocycles. The number of nitro benzene ring substituents is 1. The van der Waals surface area contributed by atoms with Crippen molar-refractivity contribution in [1.29, 1.82) is 0 Å². The maximum Gasteiger partial charge on any atom is 0.340 e. The Kier molecular flexibility index (Phi) is 6.73. The van der Waals surface area contributed by atoms with Gasteiger partial charge in [0.25, 0.3) is 11.6 Å². The molecule has 142 valence electrons. The van der Waals surface area contributed by atoms with Gasteiger partial charge in [-0.05, 0) is 12.1 Å². The molecule has 0 saturated carbocycles. The zero-order chi connectivity index (χ0) is 20.0. The molecule has 2 rings (SSSR count). The Morgan fingerprint density at radius 2 is 1.93 bits per heavy atom. The van der Waals surface area contributed by atoms with Crippen LogP contribution in [0.5, 0.6) is 5.75 Å². The van der Waals surface area contributed by atoms with Crippen LogP contribution in [-0.2, 0) is 16.1 Å². The van der Waals surface area contributed by atoms with E-state index >= 15 is 0 Å². The standard InChI is InChI=1S/C18H17ClN2O6/c1-20(10-12-5-3-4-6-16(12)26-2)17(22)11-27-18(23)14-8-7-13(21(24)25)9-15(14)19/h3-9H,10-11H2,1-2H3. The Morgan fingerprint density at radius 1 is 1.22 bits per heavy atom. The van der Waals surface area contributed by atoms with Crippen LogP contribution in [0, 0.1) is 10.1 Å². The molecule has 2 aromatic carbocycles. The summed E-state index contributed by atoms with van der Waals surface area (Å²) in [6.45, 7) is -0.212. The molecule has 0 fully saturated rings. The first kappa shape index (κ1) is 20.2. The highest BCUT2D eigenvalue weighted by Crippen LogP contribution is 2.23. The molecule has 0 aliphatic rings. The first-order chi connectivity index (χ1) is 12.8. The highest BCUT2D eigenvalue weighted by molar-refractivity contribution is 6.33. The van der Waals surface area contributed by atoms with Crippen molar-refractivity contribution in [3.05, 3.63) is 68.7 Å². The molecular weight excluding hydrogens is 376 g/mol. The summed E-state index contributed by atoms with van der Waals surface area (Å²) in [5, 5.41) is 10.6. The number of nitrogens with zero attached hydrogens (tertiary/aromatic N) is 2. The van der Waals surface area contributed by atoms with E-state index < -0.39 is 23.4 Å². The lowest BCUT2D eigenvalue weighted by Gasteiger charge is -2.18. The minimum absolute atomic E-state index is 0.0533. The molecule has 0 bridgehead atoms. The summed E-state index contributed by atoms with van der Waals surface area (Å²) in [6, 6.07) is 10.6. The summed E-state index contributed by atoms with van der Waals surface area (Å²) in [5.41, 5.74) is 0.507. The van der Waals surface area contributed by atoms with Gasteiger partial charge in [0.15, 0.2) is 6.61 Å². The number of rotatable bonds is 7. The maximum atomic E-state index is 12.2. The first-order valence-corrected chi connectivity index (χ1v) is 8.18. The number of hydrogen-bond donors (Lipinski definition) is 0. The Labute approximate surface area is 160 Å². The van der Waals surface area contributed by atoms with E-state index in [-0.39, 0.29) is 22.8 Å². The highest BCUT2D eigenvalue weighted by atomic mass is 35.5. The predicted molar refractivity (Wildman–Crippen MR) is 97.9 cm³/mol. The second-order valence-electron chi connectivity index (χ2n) is 5.56. The van der Waals surface area contributed by atoms with Crippen molar-refractivity contribution in [3.8, 4) is 5.75 Å². The monoisotopic (exact) mass is 392 g/mol. The van der Waals surface area contributed by atoms with Crippen LogP contribution in [0.15, 0.2) is 42.5 Å². The molecule has 27 heavy (non-hydrogen) atoms. The van der Waals surface area contributed by atoms with Crippen molar-refractivity contribution in [1.82, 2.24) is 4.90 Å². The van der Waals surface area contributed by atoms with Crippen LogP contribution in [0.4, 0.5) is 5.69 Å². The summed E-state index contributed by atoms with van der Waals surface area (Å²) in [4.78, 5) is 35.7. The molecule has 0 N–H and O–H groups in total. The number of methoxy groups -OCH3 is 1. The molecule has 0 aliphatic heterocycles. The quantitative estimate of drug-likeness (QED) is 0.408. The van der Waals surface area contributed by atoms with Crippen LogP contribution in [0.2, 0.25) is 5.02 Å². The molecule has 1 amide bonds. The number of amides is 1. The number of esters is 1. The molecule has 0 radical (unpaired) electrons. The molecule has 0 aromatic heterocycles. The molecular formula is C18H17ClN2O6. The largest absolute Gasteiger partial charge is 0.496 e. The van der Waals surface area contributed by atoms with Gasteiger partial charge in [0.2, 0.25) is 0 Å². The molecule has 9 heteroatoms. The average molecular weight is 393 g/mol. The molecule has 8 nitrogen and oxygen atoms in total. The lowest BCUT2D eigenvalue weighted by atomic mass is 10.2. The lowest BCUT2D eigenvalue weighted by Crippen LogP contribution is -2.31. The third-order valence-electron chi connectivity index (χ3n) is 3.74. The van der Waals surface area contributed by atoms with E-state index in [0.29, 0.717) is 5.75 Å². The summed E-state index contributed by atoms with van der Waals surface area (Å²) < 4.78 is 10.2. The predicted octanol–water partition coefficient (Wildman–Crippen LogP) is 3.07. The minimum Gasteiger partial charge on any atom is -0.496 e. The van der Waals surface area contributed by atoms with E-state index in [1.807, 2.05) is 18.2 Å². The fraction of sp³-hybridized carbons (Fsp3) is 0.222. The van der Waals surface area contributed by atoms with E-state index in [2.05, 4.69) is 0 Å². The van der Waals surface area contributed by atoms with Gasteiger partial charge in [0.1, 0.15) is 5.75 Å². The Balaban J connectivity index is 1.96. The van der Waals surface area contributed by atoms with E-state index in [4.69, 9.17) is 21.1 Å². The number of nitro groups is 1. The minimum atomic E-state index is -0.839. The van der Waals surface area contributed by atoms with E-state index in [1.54, 1.807) is 13.1 Å². The fourth-order valence-corrected chi connectivity index (χ4v) is 2.53. The van der Waals surface area contributed by atoms with Gasteiger partial charge in [-0.1, -0.05) is 29.8 Å². The van der Waals surface area contributed by atoms with E-state index in [9.17, 15) is 19.7 Å². The molecule has 0 unspecified atom stereocenters. The van der Waals surface area contributed by atoms with Crippen LogP contribution in [-0.4, -0.2) is 42.5 Å². The summed E-state index contributed by atoms with van der Waals surface area (Å²) in [5.74, 6) is -0.618. The van der Waals surface area contributed by atoms with Gasteiger partial charge in [-0.3, -0.25) is 14.9 Å². The van der Waals surface area contributed by atoms with Gasteiger partial charge in [-0.25, -0.2) is 4.79 Å². The number of ether oxygens (including phenoxy) is 2. The number of carbonyl (C=O) groups is 2. The van der Waals surface area contributed by atoms with Gasteiger partial charge in [0, 0.05) is 31.3 Å². The maximum absolute atomic E-state index is 12.2. The average Bonchev–Trinajstić information content (AvgIpc) is 2.65. The van der Waals surface area contributed by atoms with Gasteiger partial charge in [-0.15, -0.1) is 0 Å². The van der Waals surface area contributed by atoms with Crippen LogP contribution >= 0.6 is 11.6 Å².